The molecule has 0 atom stereocenters. The number of likely N-dealkylation sites (tertiary alicyclic amines) is 1. The van der Waals surface area contributed by atoms with E-state index in [-0.39, 0.29) is 22.8 Å². The highest BCUT2D eigenvalue weighted by molar-refractivity contribution is 7.89. The maximum absolute atomic E-state index is 12.9. The van der Waals surface area contributed by atoms with Gasteiger partial charge in [0.1, 0.15) is 0 Å². The van der Waals surface area contributed by atoms with E-state index >= 15 is 0 Å². The Labute approximate surface area is 185 Å². The number of carbonyl (C=O) groups is 1. The third-order valence-electron chi connectivity index (χ3n) is 6.27. The lowest BCUT2D eigenvalue weighted by Gasteiger charge is -2.24. The molecular formula is C24H31N3O3S. The van der Waals surface area contributed by atoms with Crippen LogP contribution in [0.4, 0.5) is 5.69 Å². The van der Waals surface area contributed by atoms with Crippen molar-refractivity contribution in [3.05, 3.63) is 59.2 Å². The van der Waals surface area contributed by atoms with E-state index in [0.29, 0.717) is 13.1 Å². The number of aryl methyl sites for hydroxylation is 1. The Morgan fingerprint density at radius 2 is 1.84 bits per heavy atom. The number of anilines is 1. The molecule has 2 aliphatic heterocycles. The van der Waals surface area contributed by atoms with E-state index in [2.05, 4.69) is 23.5 Å². The van der Waals surface area contributed by atoms with Crippen molar-refractivity contribution in [1.29, 1.82) is 0 Å². The van der Waals surface area contributed by atoms with Gasteiger partial charge in [0.25, 0.3) is 0 Å². The summed E-state index contributed by atoms with van der Waals surface area (Å²) < 4.78 is 28.6. The van der Waals surface area contributed by atoms with Crippen molar-refractivity contribution in [2.24, 2.45) is 0 Å². The molecule has 2 aromatic carbocycles. The van der Waals surface area contributed by atoms with Crippen LogP contribution in [-0.2, 0) is 26.8 Å². The number of hydrogen-bond acceptors (Lipinski definition) is 4. The standard InChI is InChI=1S/C24H31N3O3S/c1-18-7-6-8-19(13-18)15-25-31(29,30)20-9-10-22-21(14-20)24(2,3)17-27(22)16-23(28)26-11-4-5-12-26/h6-10,13-14,25H,4-5,11-12,15-17H2,1-3H3. The van der Waals surface area contributed by atoms with Gasteiger partial charge in [0.2, 0.25) is 15.9 Å². The lowest BCUT2D eigenvalue weighted by atomic mass is 9.87. The number of sulfonamides is 1. The fourth-order valence-corrected chi connectivity index (χ4v) is 5.65. The molecule has 2 aromatic rings. The summed E-state index contributed by atoms with van der Waals surface area (Å²) in [6.45, 7) is 9.16. The van der Waals surface area contributed by atoms with Gasteiger partial charge in [-0.2, -0.15) is 0 Å². The minimum absolute atomic E-state index is 0.151. The van der Waals surface area contributed by atoms with Crippen LogP contribution in [0.5, 0.6) is 0 Å². The number of carbonyl (C=O) groups excluding carboxylic acids is 1. The van der Waals surface area contributed by atoms with Crippen LogP contribution < -0.4 is 9.62 Å². The Bertz CT molecular complexity index is 1090. The van der Waals surface area contributed by atoms with Gasteiger partial charge in [-0.1, -0.05) is 43.7 Å². The van der Waals surface area contributed by atoms with Crippen molar-refractivity contribution < 1.29 is 13.2 Å². The number of amides is 1. The summed E-state index contributed by atoms with van der Waals surface area (Å²) in [5.74, 6) is 0.151. The topological polar surface area (TPSA) is 69.7 Å². The summed E-state index contributed by atoms with van der Waals surface area (Å²) in [4.78, 5) is 17.0. The second-order valence-corrected chi connectivity index (χ2v) is 11.1. The fraction of sp³-hybridized carbons (Fsp3) is 0.458. The first-order valence-electron chi connectivity index (χ1n) is 10.9. The molecule has 0 saturated carbocycles. The molecule has 0 spiro atoms. The first-order valence-corrected chi connectivity index (χ1v) is 12.4. The second-order valence-electron chi connectivity index (χ2n) is 9.32. The minimum Gasteiger partial charge on any atom is -0.361 e. The highest BCUT2D eigenvalue weighted by Crippen LogP contribution is 2.41. The van der Waals surface area contributed by atoms with Gasteiger partial charge in [-0.05, 0) is 49.1 Å². The molecule has 0 aliphatic carbocycles. The van der Waals surface area contributed by atoms with Crippen LogP contribution in [0.1, 0.15) is 43.4 Å². The van der Waals surface area contributed by atoms with Crippen LogP contribution in [0.25, 0.3) is 0 Å². The molecule has 0 aromatic heterocycles. The van der Waals surface area contributed by atoms with Gasteiger partial charge in [0.15, 0.2) is 0 Å². The Hall–Kier alpha value is -2.38. The molecule has 4 rings (SSSR count). The summed E-state index contributed by atoms with van der Waals surface area (Å²) in [7, 11) is -3.64. The fourth-order valence-electron chi connectivity index (χ4n) is 4.60. The third kappa shape index (κ3) is 4.62. The largest absolute Gasteiger partial charge is 0.361 e. The summed E-state index contributed by atoms with van der Waals surface area (Å²) in [5.41, 5.74) is 3.72. The lowest BCUT2D eigenvalue weighted by molar-refractivity contribution is -0.128. The van der Waals surface area contributed by atoms with Gasteiger partial charge in [-0.25, -0.2) is 13.1 Å². The minimum atomic E-state index is -3.64. The molecule has 2 heterocycles. The van der Waals surface area contributed by atoms with E-state index in [4.69, 9.17) is 0 Å². The van der Waals surface area contributed by atoms with Crippen LogP contribution in [0.3, 0.4) is 0 Å². The zero-order chi connectivity index (χ0) is 22.2. The first kappa shape index (κ1) is 21.8. The molecule has 31 heavy (non-hydrogen) atoms. The molecule has 1 saturated heterocycles. The van der Waals surface area contributed by atoms with Crippen molar-refractivity contribution in [1.82, 2.24) is 9.62 Å². The third-order valence-corrected chi connectivity index (χ3v) is 7.67. The van der Waals surface area contributed by atoms with Crippen molar-refractivity contribution in [2.75, 3.05) is 31.1 Å². The van der Waals surface area contributed by atoms with Gasteiger partial charge in [0.05, 0.1) is 11.4 Å². The zero-order valence-electron chi connectivity index (χ0n) is 18.5. The lowest BCUT2D eigenvalue weighted by Crippen LogP contribution is -2.40. The first-order chi connectivity index (χ1) is 14.7. The highest BCUT2D eigenvalue weighted by atomic mass is 32.2. The van der Waals surface area contributed by atoms with Crippen molar-refractivity contribution in [3.8, 4) is 0 Å². The maximum atomic E-state index is 12.9. The van der Waals surface area contributed by atoms with Crippen LogP contribution in [0, 0.1) is 6.92 Å². The average molecular weight is 442 g/mol. The van der Waals surface area contributed by atoms with Gasteiger partial charge >= 0.3 is 0 Å². The Balaban J connectivity index is 1.53. The molecule has 1 N–H and O–H groups in total. The van der Waals surface area contributed by atoms with Gasteiger partial charge < -0.3 is 9.80 Å². The highest BCUT2D eigenvalue weighted by Gasteiger charge is 2.37. The molecular weight excluding hydrogens is 410 g/mol. The van der Waals surface area contributed by atoms with Gasteiger partial charge in [-0.3, -0.25) is 4.79 Å². The molecule has 1 fully saturated rings. The number of rotatable bonds is 6. The average Bonchev–Trinajstić information content (AvgIpc) is 3.34. The molecule has 7 heteroatoms. The van der Waals surface area contributed by atoms with Crippen molar-refractivity contribution in [3.63, 3.8) is 0 Å². The van der Waals surface area contributed by atoms with Gasteiger partial charge in [0, 0.05) is 37.3 Å². The summed E-state index contributed by atoms with van der Waals surface area (Å²) in [6, 6.07) is 13.1. The number of benzene rings is 2. The van der Waals surface area contributed by atoms with E-state index < -0.39 is 10.0 Å². The predicted octanol–water partition coefficient (Wildman–Crippen LogP) is 3.19. The Morgan fingerprint density at radius 3 is 2.55 bits per heavy atom. The maximum Gasteiger partial charge on any atom is 0.242 e. The van der Waals surface area contributed by atoms with Crippen LogP contribution in [-0.4, -0.2) is 45.4 Å². The summed E-state index contributed by atoms with van der Waals surface area (Å²) >= 11 is 0. The van der Waals surface area contributed by atoms with E-state index in [9.17, 15) is 13.2 Å². The van der Waals surface area contributed by atoms with Crippen LogP contribution in [0.2, 0.25) is 0 Å². The van der Waals surface area contributed by atoms with E-state index in [1.165, 1.54) is 0 Å². The SMILES string of the molecule is Cc1cccc(CNS(=O)(=O)c2ccc3c(c2)C(C)(C)CN3CC(=O)N2CCCC2)c1. The summed E-state index contributed by atoms with van der Waals surface area (Å²) in [5, 5.41) is 0. The number of fused-ring (bicyclic) bond motifs is 1. The zero-order valence-corrected chi connectivity index (χ0v) is 19.3. The summed E-state index contributed by atoms with van der Waals surface area (Å²) in [6.07, 6.45) is 2.15. The molecule has 0 radical (unpaired) electrons. The number of nitrogens with one attached hydrogen (secondary N) is 1. The van der Waals surface area contributed by atoms with Crippen molar-refractivity contribution in [2.45, 2.75) is 50.5 Å². The molecule has 0 bridgehead atoms. The monoisotopic (exact) mass is 441 g/mol. The van der Waals surface area contributed by atoms with E-state index in [1.807, 2.05) is 42.2 Å². The number of nitrogens with zero attached hydrogens (tertiary/aromatic N) is 2. The van der Waals surface area contributed by atoms with Crippen molar-refractivity contribution >= 4 is 21.6 Å². The van der Waals surface area contributed by atoms with Crippen LogP contribution >= 0.6 is 0 Å². The Morgan fingerprint density at radius 1 is 1.10 bits per heavy atom. The molecule has 1 amide bonds. The molecule has 0 unspecified atom stereocenters. The predicted molar refractivity (Wildman–Crippen MR) is 123 cm³/mol. The molecule has 2 aliphatic rings. The van der Waals surface area contributed by atoms with E-state index in [1.54, 1.807) is 12.1 Å². The van der Waals surface area contributed by atoms with E-state index in [0.717, 1.165) is 48.3 Å². The quantitative estimate of drug-likeness (QED) is 0.748. The second kappa shape index (κ2) is 8.28. The number of hydrogen-bond donors (Lipinski definition) is 1. The Kier molecular flexibility index (Phi) is 5.83. The van der Waals surface area contributed by atoms with Crippen LogP contribution in [0.15, 0.2) is 47.4 Å². The molecule has 6 nitrogen and oxygen atoms in total. The van der Waals surface area contributed by atoms with Gasteiger partial charge in [-0.15, -0.1) is 0 Å². The normalized spacial score (nSPS) is 17.8. The smallest absolute Gasteiger partial charge is 0.242 e. The molecule has 166 valence electrons.